The fraction of sp³-hybridized carbons (Fsp3) is 0.238. The molecule has 1 N–H and O–H groups in total. The van der Waals surface area contributed by atoms with E-state index in [1.54, 1.807) is 23.0 Å². The maximum Gasteiger partial charge on any atom is 0.317 e. The number of carbonyl (C=O) groups excluding carboxylic acids is 1. The zero-order chi connectivity index (χ0) is 20.2. The molecule has 1 atom stereocenters. The number of carbonyl (C=O) groups is 1. The minimum Gasteiger partial charge on any atom is -0.338 e. The van der Waals surface area contributed by atoms with E-state index in [0.29, 0.717) is 13.0 Å². The summed E-state index contributed by atoms with van der Waals surface area (Å²) in [4.78, 5) is 22.8. The molecule has 0 radical (unpaired) electrons. The Morgan fingerprint density at radius 2 is 2.03 bits per heavy atom. The molecule has 0 aliphatic heterocycles. The minimum atomic E-state index is -0.110. The Morgan fingerprint density at radius 1 is 1.21 bits per heavy atom. The third-order valence-electron chi connectivity index (χ3n) is 5.03. The molecule has 0 spiro atoms. The maximum atomic E-state index is 12.5. The van der Waals surface area contributed by atoms with Gasteiger partial charge in [-0.1, -0.05) is 18.2 Å². The van der Waals surface area contributed by atoms with E-state index < -0.39 is 0 Å². The molecule has 3 heterocycles. The van der Waals surface area contributed by atoms with Crippen LogP contribution in [0.25, 0.3) is 11.3 Å². The Hall–Kier alpha value is -3.68. The van der Waals surface area contributed by atoms with Gasteiger partial charge in [0.1, 0.15) is 18.3 Å². The number of amides is 2. The van der Waals surface area contributed by atoms with Gasteiger partial charge in [0.2, 0.25) is 0 Å². The lowest BCUT2D eigenvalue weighted by atomic mass is 10.1. The van der Waals surface area contributed by atoms with E-state index in [1.807, 2.05) is 66.2 Å². The summed E-state index contributed by atoms with van der Waals surface area (Å²) in [6.45, 7) is 2.54. The summed E-state index contributed by atoms with van der Waals surface area (Å²) < 4.78 is 3.68. The number of nitrogens with zero attached hydrogens (tertiary/aromatic N) is 6. The van der Waals surface area contributed by atoms with E-state index in [4.69, 9.17) is 0 Å². The van der Waals surface area contributed by atoms with Crippen LogP contribution in [0.2, 0.25) is 0 Å². The Balaban J connectivity index is 1.32. The van der Waals surface area contributed by atoms with Crippen molar-refractivity contribution >= 4 is 11.7 Å². The van der Waals surface area contributed by atoms with Crippen LogP contribution in [0.5, 0.6) is 0 Å². The van der Waals surface area contributed by atoms with Crippen LogP contribution in [0.15, 0.2) is 67.5 Å². The monoisotopic (exact) mass is 389 g/mol. The molecule has 29 heavy (non-hydrogen) atoms. The number of pyridine rings is 1. The third kappa shape index (κ3) is 4.11. The first-order valence-electron chi connectivity index (χ1n) is 9.50. The van der Waals surface area contributed by atoms with Gasteiger partial charge in [-0.05, 0) is 36.8 Å². The molecule has 1 aromatic carbocycles. The number of nitrogens with one attached hydrogen (secondary N) is 1. The van der Waals surface area contributed by atoms with Crippen molar-refractivity contribution in [2.45, 2.75) is 19.4 Å². The smallest absolute Gasteiger partial charge is 0.317 e. The highest BCUT2D eigenvalue weighted by Gasteiger charge is 2.17. The second-order valence-electron chi connectivity index (χ2n) is 6.90. The summed E-state index contributed by atoms with van der Waals surface area (Å²) in [6, 6.07) is 13.7. The van der Waals surface area contributed by atoms with Crippen molar-refractivity contribution in [2.24, 2.45) is 0 Å². The van der Waals surface area contributed by atoms with Gasteiger partial charge < -0.3 is 14.6 Å². The summed E-state index contributed by atoms with van der Waals surface area (Å²) in [5, 5.41) is 7.10. The van der Waals surface area contributed by atoms with Crippen LogP contribution in [-0.4, -0.2) is 48.7 Å². The third-order valence-corrected chi connectivity index (χ3v) is 5.03. The zero-order valence-corrected chi connectivity index (χ0v) is 16.4. The summed E-state index contributed by atoms with van der Waals surface area (Å²) in [5.74, 6) is 0. The molecule has 0 saturated heterocycles. The normalized spacial score (nSPS) is 12.1. The van der Waals surface area contributed by atoms with Gasteiger partial charge in [0.15, 0.2) is 0 Å². The zero-order valence-electron chi connectivity index (χ0n) is 16.4. The SMILES string of the molecule is CC(c1ccc(-n2cncn2)cc1)N(C)C(=O)NCCc1cn2ccccc2n1. The highest BCUT2D eigenvalue weighted by atomic mass is 16.2. The second kappa shape index (κ2) is 8.14. The van der Waals surface area contributed by atoms with Crippen molar-refractivity contribution < 1.29 is 4.79 Å². The van der Waals surface area contributed by atoms with Gasteiger partial charge in [0.25, 0.3) is 0 Å². The molecule has 0 fully saturated rings. The summed E-state index contributed by atoms with van der Waals surface area (Å²) >= 11 is 0. The van der Waals surface area contributed by atoms with Crippen LogP contribution in [0.4, 0.5) is 4.79 Å². The van der Waals surface area contributed by atoms with Crippen molar-refractivity contribution in [2.75, 3.05) is 13.6 Å². The van der Waals surface area contributed by atoms with E-state index >= 15 is 0 Å². The maximum absolute atomic E-state index is 12.5. The standard InChI is InChI=1S/C21H23N7O/c1-16(17-6-8-19(9-7-17)28-15-22-14-24-28)26(2)21(29)23-11-10-18-13-27-12-4-3-5-20(27)25-18/h3-9,12-16H,10-11H2,1-2H3,(H,23,29). The largest absolute Gasteiger partial charge is 0.338 e. The molecule has 4 aromatic rings. The molecular formula is C21H23N7O. The summed E-state index contributed by atoms with van der Waals surface area (Å²) in [5.41, 5.74) is 3.84. The first-order valence-corrected chi connectivity index (χ1v) is 9.50. The number of fused-ring (bicyclic) bond motifs is 1. The van der Waals surface area contributed by atoms with E-state index in [0.717, 1.165) is 22.6 Å². The number of hydrogen-bond donors (Lipinski definition) is 1. The van der Waals surface area contributed by atoms with Gasteiger partial charge >= 0.3 is 6.03 Å². The molecule has 0 saturated carbocycles. The lowest BCUT2D eigenvalue weighted by Crippen LogP contribution is -2.39. The molecule has 3 aromatic heterocycles. The van der Waals surface area contributed by atoms with Gasteiger partial charge in [0.05, 0.1) is 17.4 Å². The fourth-order valence-electron chi connectivity index (χ4n) is 3.18. The molecule has 4 rings (SSSR count). The van der Waals surface area contributed by atoms with Gasteiger partial charge in [0, 0.05) is 32.4 Å². The molecule has 1 unspecified atom stereocenters. The number of imidazole rings is 1. The molecule has 148 valence electrons. The molecule has 0 bridgehead atoms. The lowest BCUT2D eigenvalue weighted by molar-refractivity contribution is 0.194. The van der Waals surface area contributed by atoms with Crippen molar-refractivity contribution in [3.63, 3.8) is 0 Å². The van der Waals surface area contributed by atoms with Crippen LogP contribution in [0.3, 0.4) is 0 Å². The van der Waals surface area contributed by atoms with Gasteiger partial charge in [-0.15, -0.1) is 0 Å². The molecule has 8 nitrogen and oxygen atoms in total. The molecule has 2 amide bonds. The molecule has 8 heteroatoms. The minimum absolute atomic E-state index is 0.0602. The van der Waals surface area contributed by atoms with Crippen LogP contribution in [-0.2, 0) is 6.42 Å². The Kier molecular flexibility index (Phi) is 5.24. The number of rotatable bonds is 6. The van der Waals surface area contributed by atoms with Crippen LogP contribution in [0, 0.1) is 0 Å². The van der Waals surface area contributed by atoms with E-state index in [1.165, 1.54) is 6.33 Å². The molecule has 0 aliphatic carbocycles. The van der Waals surface area contributed by atoms with Gasteiger partial charge in [-0.2, -0.15) is 5.10 Å². The Morgan fingerprint density at radius 3 is 2.76 bits per heavy atom. The Bertz CT molecular complexity index is 1050. The quantitative estimate of drug-likeness (QED) is 0.550. The topological polar surface area (TPSA) is 80.4 Å². The van der Waals surface area contributed by atoms with E-state index in [-0.39, 0.29) is 12.1 Å². The first kappa shape index (κ1) is 18.7. The highest BCUT2D eigenvalue weighted by molar-refractivity contribution is 5.74. The van der Waals surface area contributed by atoms with Crippen molar-refractivity contribution in [3.05, 3.63) is 78.8 Å². The Labute approximate surface area is 168 Å². The van der Waals surface area contributed by atoms with Crippen LogP contribution >= 0.6 is 0 Å². The van der Waals surface area contributed by atoms with Gasteiger partial charge in [-0.3, -0.25) is 0 Å². The predicted molar refractivity (Wildman–Crippen MR) is 110 cm³/mol. The molecule has 0 aliphatic rings. The highest BCUT2D eigenvalue weighted by Crippen LogP contribution is 2.20. The van der Waals surface area contributed by atoms with E-state index in [9.17, 15) is 4.79 Å². The van der Waals surface area contributed by atoms with Crippen molar-refractivity contribution in [3.8, 4) is 5.69 Å². The summed E-state index contributed by atoms with van der Waals surface area (Å²) in [7, 11) is 1.80. The molecular weight excluding hydrogens is 366 g/mol. The predicted octanol–water partition coefficient (Wildman–Crippen LogP) is 2.86. The summed E-state index contributed by atoms with van der Waals surface area (Å²) in [6.07, 6.45) is 7.79. The van der Waals surface area contributed by atoms with Crippen molar-refractivity contribution in [1.29, 1.82) is 0 Å². The number of hydrogen-bond acceptors (Lipinski definition) is 4. The second-order valence-corrected chi connectivity index (χ2v) is 6.90. The average molecular weight is 389 g/mol. The average Bonchev–Trinajstić information content (AvgIpc) is 3.42. The number of urea groups is 1. The lowest BCUT2D eigenvalue weighted by Gasteiger charge is -2.25. The van der Waals surface area contributed by atoms with E-state index in [2.05, 4.69) is 20.4 Å². The number of benzene rings is 1. The van der Waals surface area contributed by atoms with Gasteiger partial charge in [-0.25, -0.2) is 19.4 Å². The number of aromatic nitrogens is 5. The van der Waals surface area contributed by atoms with Crippen LogP contribution < -0.4 is 5.32 Å². The fourth-order valence-corrected chi connectivity index (χ4v) is 3.18. The van der Waals surface area contributed by atoms with Crippen LogP contribution in [0.1, 0.15) is 24.2 Å². The first-order chi connectivity index (χ1) is 14.1. The van der Waals surface area contributed by atoms with Crippen molar-refractivity contribution in [1.82, 2.24) is 34.4 Å².